The highest BCUT2D eigenvalue weighted by Crippen LogP contribution is 2.25. The van der Waals surface area contributed by atoms with Crippen LogP contribution in [-0.2, 0) is 16.6 Å². The maximum Gasteiger partial charge on any atom is 0.250 e. The molecule has 8 heteroatoms. The molecule has 3 heterocycles. The minimum atomic E-state index is -3.46. The zero-order valence-corrected chi connectivity index (χ0v) is 14.0. The monoisotopic (exact) mass is 355 g/mol. The molecule has 3 aromatic heterocycles. The smallest absolute Gasteiger partial charge is 0.250 e. The van der Waals surface area contributed by atoms with Crippen molar-refractivity contribution in [3.8, 4) is 0 Å². The summed E-state index contributed by atoms with van der Waals surface area (Å²) in [6.45, 7) is 1.07. The highest BCUT2D eigenvalue weighted by atomic mass is 35.5. The summed E-state index contributed by atoms with van der Waals surface area (Å²) in [4.78, 5) is 4.33. The SMILES string of the molecule is O=S(=O)(NCCCn1ccc2cccnc21)c1ccc(Cl)s1. The summed E-state index contributed by atoms with van der Waals surface area (Å²) in [6, 6.07) is 8.99. The number of aromatic nitrogens is 2. The molecule has 0 atom stereocenters. The van der Waals surface area contributed by atoms with Crippen LogP contribution in [0.25, 0.3) is 11.0 Å². The van der Waals surface area contributed by atoms with E-state index in [0.29, 0.717) is 23.8 Å². The van der Waals surface area contributed by atoms with Gasteiger partial charge in [0.2, 0.25) is 10.0 Å². The number of halogens is 1. The number of thiophene rings is 1. The van der Waals surface area contributed by atoms with Crippen molar-refractivity contribution in [1.29, 1.82) is 0 Å². The maximum absolute atomic E-state index is 12.0. The van der Waals surface area contributed by atoms with Gasteiger partial charge in [0.1, 0.15) is 9.86 Å². The number of rotatable bonds is 6. The fourth-order valence-electron chi connectivity index (χ4n) is 2.17. The first-order valence-corrected chi connectivity index (χ1v) is 9.39. The third kappa shape index (κ3) is 3.33. The molecule has 0 fully saturated rings. The Kier molecular flexibility index (Phi) is 4.49. The molecular formula is C14H14ClN3O2S2. The van der Waals surface area contributed by atoms with Gasteiger partial charge in [-0.3, -0.25) is 0 Å². The second-order valence-corrected chi connectivity index (χ2v) is 8.44. The van der Waals surface area contributed by atoms with Gasteiger partial charge in [-0.25, -0.2) is 18.1 Å². The number of hydrogen-bond donors (Lipinski definition) is 1. The largest absolute Gasteiger partial charge is 0.332 e. The van der Waals surface area contributed by atoms with E-state index in [1.165, 1.54) is 6.07 Å². The molecule has 0 saturated carbocycles. The van der Waals surface area contributed by atoms with Crippen molar-refractivity contribution >= 4 is 44.0 Å². The van der Waals surface area contributed by atoms with E-state index in [1.54, 1.807) is 12.3 Å². The molecule has 3 aromatic rings. The Morgan fingerprint density at radius 2 is 2.14 bits per heavy atom. The minimum Gasteiger partial charge on any atom is -0.332 e. The maximum atomic E-state index is 12.0. The van der Waals surface area contributed by atoms with Gasteiger partial charge in [-0.05, 0) is 36.8 Å². The van der Waals surface area contributed by atoms with Crippen molar-refractivity contribution in [2.45, 2.75) is 17.2 Å². The van der Waals surface area contributed by atoms with Crippen LogP contribution in [0.1, 0.15) is 6.42 Å². The van der Waals surface area contributed by atoms with E-state index in [1.807, 2.05) is 29.0 Å². The number of nitrogens with zero attached hydrogens (tertiary/aromatic N) is 2. The lowest BCUT2D eigenvalue weighted by Gasteiger charge is -2.06. The number of aryl methyl sites for hydroxylation is 1. The van der Waals surface area contributed by atoms with Gasteiger partial charge in [0.25, 0.3) is 0 Å². The molecule has 5 nitrogen and oxygen atoms in total. The Hall–Kier alpha value is -1.41. The molecule has 0 aliphatic carbocycles. The van der Waals surface area contributed by atoms with Crippen molar-refractivity contribution in [3.63, 3.8) is 0 Å². The van der Waals surface area contributed by atoms with Gasteiger partial charge in [0, 0.05) is 30.9 Å². The lowest BCUT2D eigenvalue weighted by Crippen LogP contribution is -2.24. The van der Waals surface area contributed by atoms with Gasteiger partial charge < -0.3 is 4.57 Å². The van der Waals surface area contributed by atoms with Crippen molar-refractivity contribution in [3.05, 3.63) is 47.1 Å². The van der Waals surface area contributed by atoms with Crippen LogP contribution in [0.5, 0.6) is 0 Å². The van der Waals surface area contributed by atoms with Crippen LogP contribution in [0.4, 0.5) is 0 Å². The third-order valence-corrected chi connectivity index (χ3v) is 6.39. The van der Waals surface area contributed by atoms with Crippen LogP contribution in [-0.4, -0.2) is 24.5 Å². The molecule has 0 saturated heterocycles. The quantitative estimate of drug-likeness (QED) is 0.691. The fraction of sp³-hybridized carbons (Fsp3) is 0.214. The van der Waals surface area contributed by atoms with Gasteiger partial charge in [-0.1, -0.05) is 11.6 Å². The fourth-order valence-corrected chi connectivity index (χ4v) is 4.77. The van der Waals surface area contributed by atoms with E-state index >= 15 is 0 Å². The topological polar surface area (TPSA) is 64.0 Å². The second kappa shape index (κ2) is 6.37. The van der Waals surface area contributed by atoms with Gasteiger partial charge in [0.15, 0.2) is 0 Å². The predicted molar refractivity (Wildman–Crippen MR) is 88.9 cm³/mol. The molecule has 3 rings (SSSR count). The Bertz CT molecular complexity index is 886. The highest BCUT2D eigenvalue weighted by molar-refractivity contribution is 7.91. The van der Waals surface area contributed by atoms with Gasteiger partial charge in [-0.2, -0.15) is 0 Å². The summed E-state index contributed by atoms with van der Waals surface area (Å²) >= 11 is 6.82. The number of pyridine rings is 1. The molecular weight excluding hydrogens is 342 g/mol. The number of fused-ring (bicyclic) bond motifs is 1. The number of sulfonamides is 1. The van der Waals surface area contributed by atoms with Crippen LogP contribution in [0.2, 0.25) is 4.34 Å². The first-order valence-electron chi connectivity index (χ1n) is 6.71. The molecule has 0 aliphatic heterocycles. The molecule has 0 aliphatic rings. The van der Waals surface area contributed by atoms with Crippen LogP contribution in [0, 0.1) is 0 Å². The Labute approximate surface area is 137 Å². The summed E-state index contributed by atoms with van der Waals surface area (Å²) in [5, 5.41) is 1.08. The van der Waals surface area contributed by atoms with E-state index < -0.39 is 10.0 Å². The van der Waals surface area contributed by atoms with Crippen molar-refractivity contribution in [2.75, 3.05) is 6.54 Å². The lowest BCUT2D eigenvalue weighted by atomic mass is 10.3. The van der Waals surface area contributed by atoms with Crippen LogP contribution >= 0.6 is 22.9 Å². The first-order chi connectivity index (χ1) is 10.6. The van der Waals surface area contributed by atoms with Crippen LogP contribution in [0.15, 0.2) is 46.9 Å². The first kappa shape index (κ1) is 15.5. The van der Waals surface area contributed by atoms with Crippen LogP contribution in [0.3, 0.4) is 0 Å². The third-order valence-electron chi connectivity index (χ3n) is 3.20. The van der Waals surface area contributed by atoms with Crippen molar-refractivity contribution < 1.29 is 8.42 Å². The van der Waals surface area contributed by atoms with E-state index in [4.69, 9.17) is 11.6 Å². The van der Waals surface area contributed by atoms with Gasteiger partial charge in [0.05, 0.1) is 4.34 Å². The predicted octanol–water partition coefficient (Wildman–Crippen LogP) is 3.12. The molecule has 0 unspecified atom stereocenters. The molecule has 1 N–H and O–H groups in total. The summed E-state index contributed by atoms with van der Waals surface area (Å²) in [5.41, 5.74) is 0.912. The molecule has 0 aromatic carbocycles. The molecule has 0 amide bonds. The van der Waals surface area contributed by atoms with Gasteiger partial charge in [-0.15, -0.1) is 11.3 Å². The Morgan fingerprint density at radius 3 is 2.91 bits per heavy atom. The highest BCUT2D eigenvalue weighted by Gasteiger charge is 2.15. The zero-order valence-electron chi connectivity index (χ0n) is 11.6. The molecule has 116 valence electrons. The Morgan fingerprint density at radius 1 is 1.27 bits per heavy atom. The molecule has 22 heavy (non-hydrogen) atoms. The molecule has 0 spiro atoms. The minimum absolute atomic E-state index is 0.241. The number of nitrogens with one attached hydrogen (secondary N) is 1. The van der Waals surface area contributed by atoms with E-state index in [2.05, 4.69) is 9.71 Å². The van der Waals surface area contributed by atoms with Crippen LogP contribution < -0.4 is 4.72 Å². The van der Waals surface area contributed by atoms with Crippen molar-refractivity contribution in [2.24, 2.45) is 0 Å². The summed E-state index contributed by atoms with van der Waals surface area (Å²) in [5.74, 6) is 0. The van der Waals surface area contributed by atoms with E-state index in [-0.39, 0.29) is 4.21 Å². The van der Waals surface area contributed by atoms with Gasteiger partial charge >= 0.3 is 0 Å². The second-order valence-electron chi connectivity index (χ2n) is 4.74. The standard InChI is InChI=1S/C14H14ClN3O2S2/c15-12-4-5-13(21-12)22(19,20)17-8-2-9-18-10-6-11-3-1-7-16-14(11)18/h1,3-7,10,17H,2,8-9H2. The summed E-state index contributed by atoms with van der Waals surface area (Å²) in [7, 11) is -3.46. The Balaban J connectivity index is 1.58. The van der Waals surface area contributed by atoms with E-state index in [0.717, 1.165) is 22.4 Å². The average molecular weight is 356 g/mol. The summed E-state index contributed by atoms with van der Waals surface area (Å²) < 4.78 is 29.4. The van der Waals surface area contributed by atoms with E-state index in [9.17, 15) is 8.42 Å². The normalized spacial score (nSPS) is 12.0. The molecule has 0 radical (unpaired) electrons. The number of hydrogen-bond acceptors (Lipinski definition) is 4. The molecule has 0 bridgehead atoms. The zero-order chi connectivity index (χ0) is 15.6. The van der Waals surface area contributed by atoms with Crippen molar-refractivity contribution in [1.82, 2.24) is 14.3 Å². The lowest BCUT2D eigenvalue weighted by molar-refractivity contribution is 0.573. The average Bonchev–Trinajstić information content (AvgIpc) is 3.11. The summed E-state index contributed by atoms with van der Waals surface area (Å²) in [6.07, 6.45) is 4.39.